The standard InChI is InChI=1S/C22H28N2O5S2/c25-22(23-9-7-18(8-10-23)16-30-17-20-2-1-13-29-20)19-3-5-21(6-4-19)31(26,27)24-11-14-28-15-12-24/h1-6,13,18H,7-12,14-17H2. The lowest BCUT2D eigenvalue weighted by Gasteiger charge is -2.32. The van der Waals surface area contributed by atoms with E-state index in [1.54, 1.807) is 18.4 Å². The summed E-state index contributed by atoms with van der Waals surface area (Å²) in [4.78, 5) is 15.0. The van der Waals surface area contributed by atoms with Crippen molar-refractivity contribution in [3.8, 4) is 0 Å². The van der Waals surface area contributed by atoms with Crippen molar-refractivity contribution in [3.05, 3.63) is 54.0 Å². The van der Waals surface area contributed by atoms with Gasteiger partial charge in [0.25, 0.3) is 5.91 Å². The number of ether oxygens (including phenoxy) is 1. The van der Waals surface area contributed by atoms with E-state index in [0.29, 0.717) is 37.8 Å². The third kappa shape index (κ3) is 5.52. The second-order valence-corrected chi connectivity index (χ2v) is 10.8. The number of furan rings is 1. The Hall–Kier alpha value is -1.81. The number of amides is 1. The van der Waals surface area contributed by atoms with E-state index in [1.807, 2.05) is 28.8 Å². The van der Waals surface area contributed by atoms with E-state index in [9.17, 15) is 13.2 Å². The first-order valence-corrected chi connectivity index (χ1v) is 13.2. The van der Waals surface area contributed by atoms with Crippen LogP contribution in [-0.2, 0) is 20.5 Å². The van der Waals surface area contributed by atoms with Crippen LogP contribution < -0.4 is 0 Å². The summed E-state index contributed by atoms with van der Waals surface area (Å²) in [6.45, 7) is 3.01. The summed E-state index contributed by atoms with van der Waals surface area (Å²) in [5.74, 6) is 3.52. The number of piperidine rings is 1. The Morgan fingerprint density at radius 1 is 1.03 bits per heavy atom. The lowest BCUT2D eigenvalue weighted by atomic mass is 9.98. The molecule has 1 aromatic heterocycles. The Labute approximate surface area is 187 Å². The summed E-state index contributed by atoms with van der Waals surface area (Å²) < 4.78 is 37.5. The molecule has 0 bridgehead atoms. The molecule has 1 aromatic carbocycles. The third-order valence-electron chi connectivity index (χ3n) is 5.79. The molecule has 2 aliphatic heterocycles. The molecule has 2 fully saturated rings. The molecule has 7 nitrogen and oxygen atoms in total. The molecular weight excluding hydrogens is 436 g/mol. The quantitative estimate of drug-likeness (QED) is 0.627. The molecule has 0 spiro atoms. The fourth-order valence-corrected chi connectivity index (χ4v) is 6.47. The van der Waals surface area contributed by atoms with Crippen LogP contribution >= 0.6 is 11.8 Å². The highest BCUT2D eigenvalue weighted by atomic mass is 32.2. The number of hydrogen-bond donors (Lipinski definition) is 0. The Kier molecular flexibility index (Phi) is 7.37. The molecule has 31 heavy (non-hydrogen) atoms. The van der Waals surface area contributed by atoms with Crippen molar-refractivity contribution in [1.29, 1.82) is 0 Å². The van der Waals surface area contributed by atoms with Gasteiger partial charge < -0.3 is 14.1 Å². The first-order chi connectivity index (χ1) is 15.0. The van der Waals surface area contributed by atoms with Crippen molar-refractivity contribution >= 4 is 27.7 Å². The maximum atomic E-state index is 12.9. The maximum Gasteiger partial charge on any atom is 0.253 e. The van der Waals surface area contributed by atoms with Gasteiger partial charge in [-0.3, -0.25) is 4.79 Å². The highest BCUT2D eigenvalue weighted by molar-refractivity contribution is 7.98. The lowest BCUT2D eigenvalue weighted by molar-refractivity contribution is 0.0698. The molecule has 2 aliphatic rings. The number of rotatable bonds is 7. The van der Waals surface area contributed by atoms with E-state index < -0.39 is 10.0 Å². The van der Waals surface area contributed by atoms with Crippen LogP contribution in [0.25, 0.3) is 0 Å². The Morgan fingerprint density at radius 3 is 2.39 bits per heavy atom. The van der Waals surface area contributed by atoms with Gasteiger partial charge in [0.2, 0.25) is 10.0 Å². The van der Waals surface area contributed by atoms with Crippen LogP contribution in [0.3, 0.4) is 0 Å². The number of morpholine rings is 1. The Morgan fingerprint density at radius 2 is 1.74 bits per heavy atom. The fraction of sp³-hybridized carbons (Fsp3) is 0.500. The predicted molar refractivity (Wildman–Crippen MR) is 120 cm³/mol. The van der Waals surface area contributed by atoms with Crippen molar-refractivity contribution in [2.75, 3.05) is 45.1 Å². The number of hydrogen-bond acceptors (Lipinski definition) is 6. The molecule has 0 unspecified atom stereocenters. The van der Waals surface area contributed by atoms with Crippen LogP contribution in [0.15, 0.2) is 52.0 Å². The van der Waals surface area contributed by atoms with Crippen molar-refractivity contribution in [3.63, 3.8) is 0 Å². The first-order valence-electron chi connectivity index (χ1n) is 10.6. The summed E-state index contributed by atoms with van der Waals surface area (Å²) in [5, 5.41) is 0. The molecule has 0 radical (unpaired) electrons. The van der Waals surface area contributed by atoms with Crippen molar-refractivity contribution in [1.82, 2.24) is 9.21 Å². The minimum atomic E-state index is -3.54. The fourth-order valence-electron chi connectivity index (χ4n) is 3.91. The van der Waals surface area contributed by atoms with E-state index in [-0.39, 0.29) is 10.8 Å². The molecule has 1 amide bonds. The van der Waals surface area contributed by atoms with Crippen LogP contribution in [0.1, 0.15) is 29.0 Å². The molecule has 168 valence electrons. The third-order valence-corrected chi connectivity index (χ3v) is 8.90. The smallest absolute Gasteiger partial charge is 0.253 e. The molecule has 9 heteroatoms. The van der Waals surface area contributed by atoms with Crippen LogP contribution in [-0.4, -0.2) is 68.7 Å². The molecule has 0 aliphatic carbocycles. The highest BCUT2D eigenvalue weighted by Gasteiger charge is 2.27. The summed E-state index contributed by atoms with van der Waals surface area (Å²) in [7, 11) is -3.54. The molecule has 4 rings (SSSR count). The van der Waals surface area contributed by atoms with Crippen LogP contribution in [0.5, 0.6) is 0 Å². The summed E-state index contributed by atoms with van der Waals surface area (Å²) >= 11 is 1.87. The van der Waals surface area contributed by atoms with Gasteiger partial charge in [-0.1, -0.05) is 0 Å². The molecule has 0 saturated carbocycles. The van der Waals surface area contributed by atoms with Crippen LogP contribution in [0.4, 0.5) is 0 Å². The average Bonchev–Trinajstić information content (AvgIpc) is 3.33. The number of benzene rings is 1. The van der Waals surface area contributed by atoms with E-state index in [0.717, 1.165) is 43.2 Å². The molecule has 3 heterocycles. The van der Waals surface area contributed by atoms with Crippen LogP contribution in [0, 0.1) is 5.92 Å². The molecule has 2 aromatic rings. The zero-order chi connectivity index (χ0) is 21.7. The number of thioether (sulfide) groups is 1. The second-order valence-electron chi connectivity index (χ2n) is 7.87. The van der Waals surface area contributed by atoms with E-state index >= 15 is 0 Å². The zero-order valence-electron chi connectivity index (χ0n) is 17.4. The molecule has 2 saturated heterocycles. The molecule has 0 atom stereocenters. The van der Waals surface area contributed by atoms with Crippen molar-refractivity contribution in [2.24, 2.45) is 5.92 Å². The van der Waals surface area contributed by atoms with E-state index in [1.165, 1.54) is 16.4 Å². The number of likely N-dealkylation sites (tertiary alicyclic amines) is 1. The molecular formula is C22H28N2O5S2. The Balaban J connectivity index is 1.28. The van der Waals surface area contributed by atoms with Gasteiger partial charge in [-0.05, 0) is 60.9 Å². The van der Waals surface area contributed by atoms with Gasteiger partial charge in [0.15, 0.2) is 0 Å². The predicted octanol–water partition coefficient (Wildman–Crippen LogP) is 3.09. The van der Waals surface area contributed by atoms with Gasteiger partial charge >= 0.3 is 0 Å². The molecule has 0 N–H and O–H groups in total. The van der Waals surface area contributed by atoms with E-state index in [4.69, 9.17) is 9.15 Å². The van der Waals surface area contributed by atoms with Crippen LogP contribution in [0.2, 0.25) is 0 Å². The average molecular weight is 465 g/mol. The minimum Gasteiger partial charge on any atom is -0.468 e. The van der Waals surface area contributed by atoms with Crippen molar-refractivity contribution < 1.29 is 22.4 Å². The zero-order valence-corrected chi connectivity index (χ0v) is 19.1. The monoisotopic (exact) mass is 464 g/mol. The number of carbonyl (C=O) groups excluding carboxylic acids is 1. The normalized spacial score (nSPS) is 18.9. The Bertz CT molecular complexity index is 946. The topological polar surface area (TPSA) is 80.1 Å². The summed E-state index contributed by atoms with van der Waals surface area (Å²) in [6.07, 6.45) is 3.67. The highest BCUT2D eigenvalue weighted by Crippen LogP contribution is 2.25. The number of sulfonamides is 1. The SMILES string of the molecule is O=C(c1ccc(S(=O)(=O)N2CCOCC2)cc1)N1CCC(CSCc2ccco2)CC1. The van der Waals surface area contributed by atoms with Gasteiger partial charge in [-0.25, -0.2) is 8.42 Å². The van der Waals surface area contributed by atoms with Gasteiger partial charge in [-0.15, -0.1) is 0 Å². The largest absolute Gasteiger partial charge is 0.468 e. The second kappa shape index (κ2) is 10.2. The van der Waals surface area contributed by atoms with Gasteiger partial charge in [0.05, 0.1) is 30.1 Å². The van der Waals surface area contributed by atoms with Crippen molar-refractivity contribution in [2.45, 2.75) is 23.5 Å². The number of nitrogens with zero attached hydrogens (tertiary/aromatic N) is 2. The summed E-state index contributed by atoms with van der Waals surface area (Å²) in [6, 6.07) is 10.2. The van der Waals surface area contributed by atoms with Gasteiger partial charge in [0.1, 0.15) is 5.76 Å². The van der Waals surface area contributed by atoms with E-state index in [2.05, 4.69) is 0 Å². The maximum absolute atomic E-state index is 12.9. The first kappa shape index (κ1) is 22.4. The minimum absolute atomic E-state index is 0.0305. The lowest BCUT2D eigenvalue weighted by Crippen LogP contribution is -2.40. The number of carbonyl (C=O) groups is 1. The van der Waals surface area contributed by atoms with Gasteiger partial charge in [-0.2, -0.15) is 16.1 Å². The summed E-state index contributed by atoms with van der Waals surface area (Å²) in [5.41, 5.74) is 0.534. The van der Waals surface area contributed by atoms with Gasteiger partial charge in [0, 0.05) is 31.7 Å².